The van der Waals surface area contributed by atoms with Gasteiger partial charge in [-0.3, -0.25) is 0 Å². The Hall–Kier alpha value is -1.07. The van der Waals surface area contributed by atoms with Gasteiger partial charge in [-0.25, -0.2) is 0 Å². The van der Waals surface area contributed by atoms with Crippen molar-refractivity contribution in [2.45, 2.75) is 50.9 Å². The van der Waals surface area contributed by atoms with Crippen molar-refractivity contribution in [3.05, 3.63) is 35.4 Å². The van der Waals surface area contributed by atoms with Crippen molar-refractivity contribution in [3.63, 3.8) is 0 Å². The summed E-state index contributed by atoms with van der Waals surface area (Å²) in [4.78, 5) is 0. The second-order valence-electron chi connectivity index (χ2n) is 5.81. The number of nitrogens with two attached hydrogens (primary N) is 1. The predicted molar refractivity (Wildman–Crippen MR) is 75.9 cm³/mol. The van der Waals surface area contributed by atoms with E-state index < -0.39 is 11.7 Å². The summed E-state index contributed by atoms with van der Waals surface area (Å²) < 4.78 is 42.9. The minimum Gasteiger partial charge on any atom is -0.378 e. The van der Waals surface area contributed by atoms with Crippen LogP contribution in [0.2, 0.25) is 0 Å². The van der Waals surface area contributed by atoms with Crippen molar-refractivity contribution in [3.8, 4) is 0 Å². The summed E-state index contributed by atoms with van der Waals surface area (Å²) in [6.45, 7) is 2.73. The van der Waals surface area contributed by atoms with E-state index in [1.54, 1.807) is 0 Å². The van der Waals surface area contributed by atoms with E-state index >= 15 is 0 Å². The first kappa shape index (κ1) is 16.3. The molecule has 0 saturated heterocycles. The molecule has 1 unspecified atom stereocenters. The summed E-state index contributed by atoms with van der Waals surface area (Å²) in [5.41, 5.74) is 6.34. The lowest BCUT2D eigenvalue weighted by molar-refractivity contribution is -0.137. The number of ether oxygens (including phenoxy) is 1. The van der Waals surface area contributed by atoms with Gasteiger partial charge >= 0.3 is 6.18 Å². The third-order valence-electron chi connectivity index (χ3n) is 4.01. The van der Waals surface area contributed by atoms with Crippen LogP contribution in [0.1, 0.15) is 37.3 Å². The summed E-state index contributed by atoms with van der Waals surface area (Å²) in [7, 11) is 0. The van der Waals surface area contributed by atoms with E-state index in [0.29, 0.717) is 18.4 Å². The van der Waals surface area contributed by atoms with E-state index in [0.717, 1.165) is 43.6 Å². The lowest BCUT2D eigenvalue weighted by atomic mass is 9.77. The molecule has 1 aliphatic rings. The Bertz CT molecular complexity index is 438. The lowest BCUT2D eigenvalue weighted by Gasteiger charge is -2.36. The molecule has 0 aromatic heterocycles. The number of rotatable bonds is 6. The highest BCUT2D eigenvalue weighted by Crippen LogP contribution is 2.34. The average molecular weight is 301 g/mol. The van der Waals surface area contributed by atoms with Crippen LogP contribution >= 0.6 is 0 Å². The molecule has 21 heavy (non-hydrogen) atoms. The van der Waals surface area contributed by atoms with Gasteiger partial charge in [-0.15, -0.1) is 0 Å². The molecule has 0 radical (unpaired) electrons. The molecule has 0 heterocycles. The van der Waals surface area contributed by atoms with Crippen LogP contribution in [0.3, 0.4) is 0 Å². The van der Waals surface area contributed by atoms with Gasteiger partial charge in [0.25, 0.3) is 0 Å². The molecule has 1 fully saturated rings. The normalized spacial score (nSPS) is 23.7. The molecule has 2 N–H and O–H groups in total. The highest BCUT2D eigenvalue weighted by atomic mass is 19.4. The van der Waals surface area contributed by atoms with Gasteiger partial charge in [-0.2, -0.15) is 13.2 Å². The van der Waals surface area contributed by atoms with E-state index in [2.05, 4.69) is 0 Å². The van der Waals surface area contributed by atoms with E-state index in [4.69, 9.17) is 10.5 Å². The molecule has 1 aromatic rings. The Morgan fingerprint density at radius 2 is 1.86 bits per heavy atom. The molecule has 1 aromatic carbocycles. The van der Waals surface area contributed by atoms with Crippen LogP contribution in [0, 0.1) is 5.92 Å². The monoisotopic (exact) mass is 301 g/mol. The first-order chi connectivity index (χ1) is 9.88. The lowest BCUT2D eigenvalue weighted by Crippen LogP contribution is -2.36. The zero-order valence-electron chi connectivity index (χ0n) is 12.2. The minimum atomic E-state index is -4.28. The van der Waals surface area contributed by atoms with E-state index in [1.165, 1.54) is 12.1 Å². The number of alkyl halides is 3. The fourth-order valence-corrected chi connectivity index (χ4v) is 2.88. The molecule has 1 aliphatic carbocycles. The maximum absolute atomic E-state index is 12.5. The van der Waals surface area contributed by atoms with Crippen molar-refractivity contribution in [1.29, 1.82) is 0 Å². The van der Waals surface area contributed by atoms with E-state index in [-0.39, 0.29) is 6.04 Å². The summed E-state index contributed by atoms with van der Waals surface area (Å²) in [6.07, 6.45) is -0.277. The van der Waals surface area contributed by atoms with Gasteiger partial charge in [-0.05, 0) is 56.2 Å². The van der Waals surface area contributed by atoms with Crippen molar-refractivity contribution in [2.24, 2.45) is 11.7 Å². The topological polar surface area (TPSA) is 35.2 Å². The average Bonchev–Trinajstić information content (AvgIpc) is 2.36. The zero-order valence-corrected chi connectivity index (χ0v) is 12.2. The molecule has 2 rings (SSSR count). The smallest absolute Gasteiger partial charge is 0.378 e. The quantitative estimate of drug-likeness (QED) is 0.868. The Labute approximate surface area is 123 Å². The van der Waals surface area contributed by atoms with Crippen LogP contribution in [0.25, 0.3) is 0 Å². The largest absolute Gasteiger partial charge is 0.416 e. The molecule has 0 bridgehead atoms. The maximum Gasteiger partial charge on any atom is 0.416 e. The molecule has 0 amide bonds. The van der Waals surface area contributed by atoms with Crippen molar-refractivity contribution in [2.75, 3.05) is 6.61 Å². The maximum atomic E-state index is 12.5. The Balaban J connectivity index is 1.77. The molecule has 5 heteroatoms. The SMILES string of the molecule is CCOC1CC(CC(N)Cc2ccc(C(F)(F)F)cc2)C1. The van der Waals surface area contributed by atoms with Crippen LogP contribution in [-0.2, 0) is 17.3 Å². The molecule has 2 nitrogen and oxygen atoms in total. The summed E-state index contributed by atoms with van der Waals surface area (Å²) in [6, 6.07) is 5.28. The summed E-state index contributed by atoms with van der Waals surface area (Å²) in [5, 5.41) is 0. The van der Waals surface area contributed by atoms with Crippen molar-refractivity contribution < 1.29 is 17.9 Å². The van der Waals surface area contributed by atoms with E-state index in [1.807, 2.05) is 6.92 Å². The zero-order chi connectivity index (χ0) is 15.5. The first-order valence-electron chi connectivity index (χ1n) is 7.41. The van der Waals surface area contributed by atoms with Crippen LogP contribution < -0.4 is 5.73 Å². The first-order valence-corrected chi connectivity index (χ1v) is 7.41. The van der Waals surface area contributed by atoms with Gasteiger partial charge in [0.2, 0.25) is 0 Å². The van der Waals surface area contributed by atoms with Gasteiger partial charge in [0.1, 0.15) is 0 Å². The predicted octanol–water partition coefficient (Wildman–Crippen LogP) is 3.78. The fraction of sp³-hybridized carbons (Fsp3) is 0.625. The number of benzene rings is 1. The van der Waals surface area contributed by atoms with E-state index in [9.17, 15) is 13.2 Å². The Morgan fingerprint density at radius 3 is 2.38 bits per heavy atom. The fourth-order valence-electron chi connectivity index (χ4n) is 2.88. The van der Waals surface area contributed by atoms with Crippen molar-refractivity contribution >= 4 is 0 Å². The van der Waals surface area contributed by atoms with Gasteiger partial charge in [0.15, 0.2) is 0 Å². The Morgan fingerprint density at radius 1 is 1.24 bits per heavy atom. The molecule has 0 spiro atoms. The van der Waals surface area contributed by atoms with Gasteiger partial charge < -0.3 is 10.5 Å². The number of hydrogen-bond donors (Lipinski definition) is 1. The van der Waals surface area contributed by atoms with Gasteiger partial charge in [-0.1, -0.05) is 12.1 Å². The second kappa shape index (κ2) is 6.79. The number of hydrogen-bond acceptors (Lipinski definition) is 2. The Kier molecular flexibility index (Phi) is 5.27. The molecule has 1 atom stereocenters. The van der Waals surface area contributed by atoms with Crippen LogP contribution in [0.15, 0.2) is 24.3 Å². The molecule has 118 valence electrons. The highest BCUT2D eigenvalue weighted by molar-refractivity contribution is 5.25. The second-order valence-corrected chi connectivity index (χ2v) is 5.81. The third-order valence-corrected chi connectivity index (χ3v) is 4.01. The summed E-state index contributed by atoms with van der Waals surface area (Å²) >= 11 is 0. The highest BCUT2D eigenvalue weighted by Gasteiger charge is 2.31. The van der Waals surface area contributed by atoms with Gasteiger partial charge in [0, 0.05) is 12.6 Å². The molecular weight excluding hydrogens is 279 g/mol. The minimum absolute atomic E-state index is 0.00527. The molecule has 0 aliphatic heterocycles. The molecule has 1 saturated carbocycles. The standard InChI is InChI=1S/C16H22F3NO/c1-2-21-15-9-12(10-15)8-14(20)7-11-3-5-13(6-4-11)16(17,18)19/h3-6,12,14-15H,2,7-10,20H2,1H3. The van der Waals surface area contributed by atoms with Crippen molar-refractivity contribution in [1.82, 2.24) is 0 Å². The number of halogens is 3. The van der Waals surface area contributed by atoms with Crippen LogP contribution in [0.4, 0.5) is 13.2 Å². The third kappa shape index (κ3) is 4.71. The van der Waals surface area contributed by atoms with Crippen LogP contribution in [0.5, 0.6) is 0 Å². The summed E-state index contributed by atoms with van der Waals surface area (Å²) in [5.74, 6) is 0.589. The van der Waals surface area contributed by atoms with Crippen LogP contribution in [-0.4, -0.2) is 18.8 Å². The molecular formula is C16H22F3NO. The van der Waals surface area contributed by atoms with Gasteiger partial charge in [0.05, 0.1) is 11.7 Å².